The monoisotopic (exact) mass is 326 g/mol. The number of nitrogens with one attached hydrogen (secondary N) is 1. The van der Waals surface area contributed by atoms with E-state index in [4.69, 9.17) is 11.6 Å². The standard InChI is InChI=1S/C18H15ClN2O2/c1-12-5-4-6-13(9-12)11-21-17(22)16(20-18(21)23)10-14-7-2-3-8-15(14)19/h2-10H,11H2,1H3,(H,20,23)/b16-10+. The van der Waals surface area contributed by atoms with E-state index >= 15 is 0 Å². The first-order valence-electron chi connectivity index (χ1n) is 7.19. The largest absolute Gasteiger partial charge is 0.329 e. The maximum absolute atomic E-state index is 12.5. The predicted molar refractivity (Wildman–Crippen MR) is 89.7 cm³/mol. The highest BCUT2D eigenvalue weighted by molar-refractivity contribution is 6.32. The van der Waals surface area contributed by atoms with Crippen LogP contribution in [0.25, 0.3) is 6.08 Å². The van der Waals surface area contributed by atoms with Crippen molar-refractivity contribution in [2.75, 3.05) is 0 Å². The van der Waals surface area contributed by atoms with Gasteiger partial charge in [-0.25, -0.2) is 4.79 Å². The number of urea groups is 1. The number of amides is 3. The third kappa shape index (κ3) is 3.27. The Kier molecular flexibility index (Phi) is 4.17. The van der Waals surface area contributed by atoms with Crippen molar-refractivity contribution in [1.82, 2.24) is 10.2 Å². The second-order valence-electron chi connectivity index (χ2n) is 5.39. The average molecular weight is 327 g/mol. The van der Waals surface area contributed by atoms with Gasteiger partial charge in [-0.15, -0.1) is 0 Å². The van der Waals surface area contributed by atoms with Crippen LogP contribution >= 0.6 is 11.6 Å². The Labute approximate surface area is 139 Å². The van der Waals surface area contributed by atoms with Gasteiger partial charge in [0.15, 0.2) is 0 Å². The van der Waals surface area contributed by atoms with Gasteiger partial charge in [-0.3, -0.25) is 9.69 Å². The van der Waals surface area contributed by atoms with Gasteiger partial charge in [-0.2, -0.15) is 0 Å². The van der Waals surface area contributed by atoms with Crippen molar-refractivity contribution in [3.8, 4) is 0 Å². The lowest BCUT2D eigenvalue weighted by Gasteiger charge is -2.12. The number of rotatable bonds is 3. The van der Waals surface area contributed by atoms with Crippen molar-refractivity contribution in [1.29, 1.82) is 0 Å². The van der Waals surface area contributed by atoms with E-state index in [1.54, 1.807) is 18.2 Å². The maximum Gasteiger partial charge on any atom is 0.329 e. The average Bonchev–Trinajstić information content (AvgIpc) is 2.77. The van der Waals surface area contributed by atoms with Crippen molar-refractivity contribution in [3.63, 3.8) is 0 Å². The quantitative estimate of drug-likeness (QED) is 0.690. The summed E-state index contributed by atoms with van der Waals surface area (Å²) in [6.07, 6.45) is 1.60. The second-order valence-corrected chi connectivity index (χ2v) is 5.80. The molecule has 4 nitrogen and oxygen atoms in total. The van der Waals surface area contributed by atoms with Crippen LogP contribution in [0.4, 0.5) is 4.79 Å². The minimum absolute atomic E-state index is 0.232. The number of carbonyl (C=O) groups excluding carboxylic acids is 2. The molecule has 0 aliphatic carbocycles. The molecular formula is C18H15ClN2O2. The van der Waals surface area contributed by atoms with Gasteiger partial charge in [-0.1, -0.05) is 59.6 Å². The summed E-state index contributed by atoms with van der Waals surface area (Å²) >= 11 is 6.09. The van der Waals surface area contributed by atoms with Gasteiger partial charge < -0.3 is 5.32 Å². The van der Waals surface area contributed by atoms with Crippen LogP contribution in [0.3, 0.4) is 0 Å². The number of carbonyl (C=O) groups is 2. The van der Waals surface area contributed by atoms with Gasteiger partial charge in [-0.05, 0) is 30.2 Å². The Morgan fingerprint density at radius 3 is 2.65 bits per heavy atom. The van der Waals surface area contributed by atoms with Gasteiger partial charge in [0, 0.05) is 5.02 Å². The van der Waals surface area contributed by atoms with Crippen molar-refractivity contribution in [2.45, 2.75) is 13.5 Å². The Morgan fingerprint density at radius 2 is 1.91 bits per heavy atom. The van der Waals surface area contributed by atoms with Gasteiger partial charge in [0.05, 0.1) is 6.54 Å². The molecule has 0 saturated carbocycles. The molecule has 116 valence electrons. The first-order chi connectivity index (χ1) is 11.0. The van der Waals surface area contributed by atoms with Crippen LogP contribution in [0.15, 0.2) is 54.2 Å². The van der Waals surface area contributed by atoms with Crippen molar-refractivity contribution in [2.24, 2.45) is 0 Å². The molecule has 1 aliphatic rings. The summed E-state index contributed by atoms with van der Waals surface area (Å²) in [5.74, 6) is -0.351. The topological polar surface area (TPSA) is 49.4 Å². The molecule has 2 aromatic carbocycles. The molecule has 23 heavy (non-hydrogen) atoms. The molecule has 0 radical (unpaired) electrons. The number of benzene rings is 2. The number of aryl methyl sites for hydroxylation is 1. The zero-order valence-electron chi connectivity index (χ0n) is 12.5. The van der Waals surface area contributed by atoms with E-state index in [1.165, 1.54) is 4.90 Å². The summed E-state index contributed by atoms with van der Waals surface area (Å²) in [4.78, 5) is 25.7. The molecule has 0 atom stereocenters. The van der Waals surface area contributed by atoms with E-state index in [1.807, 2.05) is 43.3 Å². The summed E-state index contributed by atoms with van der Waals surface area (Å²) in [6.45, 7) is 2.21. The van der Waals surface area contributed by atoms with Gasteiger partial charge in [0.1, 0.15) is 5.70 Å². The smallest absolute Gasteiger partial charge is 0.303 e. The summed E-state index contributed by atoms with van der Waals surface area (Å²) in [6, 6.07) is 14.5. The zero-order valence-corrected chi connectivity index (χ0v) is 13.3. The van der Waals surface area contributed by atoms with Crippen LogP contribution in [0.5, 0.6) is 0 Å². The van der Waals surface area contributed by atoms with Gasteiger partial charge in [0.25, 0.3) is 5.91 Å². The van der Waals surface area contributed by atoms with Crippen LogP contribution in [-0.4, -0.2) is 16.8 Å². The summed E-state index contributed by atoms with van der Waals surface area (Å²) < 4.78 is 0. The number of hydrogen-bond donors (Lipinski definition) is 1. The molecule has 0 bridgehead atoms. The Bertz CT molecular complexity index is 814. The molecule has 1 saturated heterocycles. The van der Waals surface area contributed by atoms with E-state index in [0.29, 0.717) is 10.6 Å². The Morgan fingerprint density at radius 1 is 1.13 bits per heavy atom. The molecular weight excluding hydrogens is 312 g/mol. The van der Waals surface area contributed by atoms with E-state index in [2.05, 4.69) is 5.32 Å². The lowest BCUT2D eigenvalue weighted by atomic mass is 10.1. The first kappa shape index (κ1) is 15.3. The molecule has 2 aromatic rings. The molecule has 5 heteroatoms. The SMILES string of the molecule is Cc1cccc(CN2C(=O)N/C(=C/c3ccccc3Cl)C2=O)c1. The highest BCUT2D eigenvalue weighted by Crippen LogP contribution is 2.21. The van der Waals surface area contributed by atoms with E-state index in [9.17, 15) is 9.59 Å². The van der Waals surface area contributed by atoms with Crippen molar-refractivity contribution in [3.05, 3.63) is 75.9 Å². The van der Waals surface area contributed by atoms with Crippen LogP contribution < -0.4 is 5.32 Å². The highest BCUT2D eigenvalue weighted by Gasteiger charge is 2.33. The maximum atomic E-state index is 12.5. The third-order valence-electron chi connectivity index (χ3n) is 3.59. The molecule has 3 amide bonds. The van der Waals surface area contributed by atoms with Crippen LogP contribution in [0.1, 0.15) is 16.7 Å². The lowest BCUT2D eigenvalue weighted by molar-refractivity contribution is -0.123. The number of nitrogens with zero attached hydrogens (tertiary/aromatic N) is 1. The summed E-state index contributed by atoms with van der Waals surface area (Å²) in [5, 5.41) is 3.13. The minimum atomic E-state index is -0.421. The fraction of sp³-hybridized carbons (Fsp3) is 0.111. The lowest BCUT2D eigenvalue weighted by Crippen LogP contribution is -2.30. The number of halogens is 1. The normalized spacial score (nSPS) is 16.1. The van der Waals surface area contributed by atoms with Gasteiger partial charge in [0.2, 0.25) is 0 Å². The minimum Gasteiger partial charge on any atom is -0.303 e. The first-order valence-corrected chi connectivity index (χ1v) is 7.57. The van der Waals surface area contributed by atoms with Crippen LogP contribution in [0.2, 0.25) is 5.02 Å². The number of imide groups is 1. The second kappa shape index (κ2) is 6.26. The van der Waals surface area contributed by atoms with Crippen LogP contribution in [0, 0.1) is 6.92 Å². The van der Waals surface area contributed by atoms with Crippen molar-refractivity contribution >= 4 is 29.6 Å². The molecule has 0 spiro atoms. The molecule has 1 N–H and O–H groups in total. The summed E-state index contributed by atoms with van der Waals surface area (Å²) in [5.41, 5.74) is 2.92. The van der Waals surface area contributed by atoms with E-state index < -0.39 is 6.03 Å². The molecule has 1 aliphatic heterocycles. The highest BCUT2D eigenvalue weighted by atomic mass is 35.5. The molecule has 1 heterocycles. The molecule has 1 fully saturated rings. The number of hydrogen-bond acceptors (Lipinski definition) is 2. The van der Waals surface area contributed by atoms with Crippen LogP contribution in [-0.2, 0) is 11.3 Å². The Hall–Kier alpha value is -2.59. The molecule has 0 unspecified atom stereocenters. The van der Waals surface area contributed by atoms with E-state index in [0.717, 1.165) is 11.1 Å². The van der Waals surface area contributed by atoms with E-state index in [-0.39, 0.29) is 18.1 Å². The predicted octanol–water partition coefficient (Wildman–Crippen LogP) is 3.74. The van der Waals surface area contributed by atoms with Gasteiger partial charge >= 0.3 is 6.03 Å². The fourth-order valence-corrected chi connectivity index (χ4v) is 2.65. The molecule has 3 rings (SSSR count). The molecule has 0 aromatic heterocycles. The summed E-state index contributed by atoms with van der Waals surface area (Å²) in [7, 11) is 0. The zero-order chi connectivity index (χ0) is 16.4. The third-order valence-corrected chi connectivity index (χ3v) is 3.93. The van der Waals surface area contributed by atoms with Crippen molar-refractivity contribution < 1.29 is 9.59 Å². The fourth-order valence-electron chi connectivity index (χ4n) is 2.46. The Balaban J connectivity index is 1.84.